The third-order valence-corrected chi connectivity index (χ3v) is 6.51. The molecule has 2 heterocycles. The van der Waals surface area contributed by atoms with Crippen molar-refractivity contribution < 1.29 is 4.79 Å². The Hall–Kier alpha value is -0.500. The first-order valence-electron chi connectivity index (χ1n) is 7.29. The van der Waals surface area contributed by atoms with Crippen LogP contribution in [0.15, 0.2) is 10.6 Å². The topological polar surface area (TPSA) is 29.1 Å². The summed E-state index contributed by atoms with van der Waals surface area (Å²) in [4.78, 5) is 12.4. The van der Waals surface area contributed by atoms with Crippen LogP contribution in [0.5, 0.6) is 0 Å². The number of fused-ring (bicyclic) bond motifs is 5. The van der Waals surface area contributed by atoms with E-state index in [4.69, 9.17) is 11.6 Å². The van der Waals surface area contributed by atoms with Gasteiger partial charge in [0.15, 0.2) is 0 Å². The van der Waals surface area contributed by atoms with Crippen LogP contribution in [0.25, 0.3) is 0 Å². The van der Waals surface area contributed by atoms with E-state index in [2.05, 4.69) is 12.2 Å². The molecule has 4 rings (SSSR count). The summed E-state index contributed by atoms with van der Waals surface area (Å²) in [5, 5.41) is 4.38. The van der Waals surface area contributed by atoms with E-state index in [0.29, 0.717) is 29.2 Å². The van der Waals surface area contributed by atoms with Crippen molar-refractivity contribution in [2.24, 2.45) is 23.2 Å². The van der Waals surface area contributed by atoms with Crippen LogP contribution in [0, 0.1) is 23.2 Å². The Bertz CT molecular complexity index is 451. The van der Waals surface area contributed by atoms with Crippen LogP contribution >= 0.6 is 11.6 Å². The average Bonchev–Trinajstić information content (AvgIpc) is 3.11. The van der Waals surface area contributed by atoms with Gasteiger partial charge in [-0.3, -0.25) is 4.79 Å². The van der Waals surface area contributed by atoms with Crippen molar-refractivity contribution >= 4 is 17.5 Å². The van der Waals surface area contributed by atoms with Gasteiger partial charge in [0.1, 0.15) is 0 Å². The van der Waals surface area contributed by atoms with Gasteiger partial charge in [-0.05, 0) is 50.4 Å². The minimum atomic E-state index is 0.226. The van der Waals surface area contributed by atoms with Gasteiger partial charge in [-0.25, -0.2) is 0 Å². The molecule has 2 saturated heterocycles. The average molecular weight is 266 g/mol. The number of allylic oxidation sites excluding steroid dienone is 1. The number of halogens is 1. The molecular weight excluding hydrogens is 246 g/mol. The van der Waals surface area contributed by atoms with E-state index in [0.717, 1.165) is 24.3 Å². The lowest BCUT2D eigenvalue weighted by atomic mass is 9.61. The molecule has 98 valence electrons. The summed E-state index contributed by atoms with van der Waals surface area (Å²) in [5.41, 5.74) is 1.80. The van der Waals surface area contributed by atoms with Crippen molar-refractivity contribution in [3.63, 3.8) is 0 Å². The summed E-state index contributed by atoms with van der Waals surface area (Å²) in [5.74, 6) is 1.58. The van der Waals surface area contributed by atoms with Crippen LogP contribution in [0.2, 0.25) is 0 Å². The molecule has 3 fully saturated rings. The summed E-state index contributed by atoms with van der Waals surface area (Å²) in [7, 11) is 0. The maximum absolute atomic E-state index is 12.4. The van der Waals surface area contributed by atoms with Gasteiger partial charge in [0.2, 0.25) is 5.91 Å². The number of carbonyl (C=O) groups excluding carboxylic acids is 1. The van der Waals surface area contributed by atoms with E-state index in [1.807, 2.05) is 0 Å². The Morgan fingerprint density at radius 3 is 2.83 bits per heavy atom. The smallest absolute Gasteiger partial charge is 0.223 e. The molecule has 1 N–H and O–H groups in total. The van der Waals surface area contributed by atoms with Gasteiger partial charge in [-0.1, -0.05) is 23.6 Å². The fourth-order valence-electron chi connectivity index (χ4n) is 5.14. The molecule has 1 saturated carbocycles. The van der Waals surface area contributed by atoms with Crippen molar-refractivity contribution in [3.8, 4) is 0 Å². The second-order valence-electron chi connectivity index (χ2n) is 6.76. The lowest BCUT2D eigenvalue weighted by Gasteiger charge is -2.44. The maximum atomic E-state index is 12.4. The summed E-state index contributed by atoms with van der Waals surface area (Å²) in [6.07, 6.45) is 6.99. The van der Waals surface area contributed by atoms with Gasteiger partial charge in [0.05, 0.1) is 0 Å². The number of amides is 1. The quantitative estimate of drug-likeness (QED) is 0.716. The van der Waals surface area contributed by atoms with E-state index in [1.54, 1.807) is 0 Å². The normalized spacial score (nSPS) is 44.7. The molecule has 0 aromatic carbocycles. The van der Waals surface area contributed by atoms with Crippen LogP contribution in [0.4, 0.5) is 0 Å². The molecule has 0 aromatic heterocycles. The second kappa shape index (κ2) is 3.53. The SMILES string of the molecule is CC1=C(Cl)CC2C3CCCC(NC3=O)C1C21CC1. The summed E-state index contributed by atoms with van der Waals surface area (Å²) < 4.78 is 0. The van der Waals surface area contributed by atoms with Gasteiger partial charge < -0.3 is 5.32 Å². The van der Waals surface area contributed by atoms with Crippen molar-refractivity contribution in [3.05, 3.63) is 10.6 Å². The van der Waals surface area contributed by atoms with E-state index in [1.165, 1.54) is 24.8 Å². The number of nitrogens with one attached hydrogen (secondary N) is 1. The van der Waals surface area contributed by atoms with E-state index in [-0.39, 0.29) is 5.92 Å². The zero-order valence-electron chi connectivity index (χ0n) is 10.8. The summed E-state index contributed by atoms with van der Waals surface area (Å²) in [6.45, 7) is 2.20. The van der Waals surface area contributed by atoms with Crippen LogP contribution in [0.3, 0.4) is 0 Å². The molecule has 4 aliphatic rings. The van der Waals surface area contributed by atoms with Gasteiger partial charge in [-0.15, -0.1) is 0 Å². The molecule has 3 heteroatoms. The first-order valence-corrected chi connectivity index (χ1v) is 7.67. The van der Waals surface area contributed by atoms with Crippen molar-refractivity contribution in [1.29, 1.82) is 0 Å². The lowest BCUT2D eigenvalue weighted by Crippen LogP contribution is -2.42. The molecule has 0 aromatic rings. The summed E-state index contributed by atoms with van der Waals surface area (Å²) >= 11 is 6.50. The third-order valence-electron chi connectivity index (χ3n) is 6.06. The number of rotatable bonds is 0. The third kappa shape index (κ3) is 1.28. The monoisotopic (exact) mass is 265 g/mol. The Balaban J connectivity index is 1.90. The van der Waals surface area contributed by atoms with Gasteiger partial charge in [-0.2, -0.15) is 0 Å². The Kier molecular flexibility index (Phi) is 2.22. The Labute approximate surface area is 113 Å². The van der Waals surface area contributed by atoms with Crippen LogP contribution in [-0.4, -0.2) is 11.9 Å². The molecular formula is C15H20ClNO. The van der Waals surface area contributed by atoms with Gasteiger partial charge in [0.25, 0.3) is 0 Å². The van der Waals surface area contributed by atoms with Gasteiger partial charge in [0, 0.05) is 22.9 Å². The highest BCUT2D eigenvalue weighted by Crippen LogP contribution is 2.68. The van der Waals surface area contributed by atoms with Crippen molar-refractivity contribution in [1.82, 2.24) is 5.32 Å². The largest absolute Gasteiger partial charge is 0.352 e. The predicted molar refractivity (Wildman–Crippen MR) is 71.1 cm³/mol. The van der Waals surface area contributed by atoms with Crippen LogP contribution in [-0.2, 0) is 4.79 Å². The molecule has 0 radical (unpaired) electrons. The Morgan fingerprint density at radius 2 is 2.11 bits per heavy atom. The molecule has 1 spiro atoms. The first kappa shape index (κ1) is 11.3. The molecule has 2 aliphatic carbocycles. The van der Waals surface area contributed by atoms with Crippen molar-refractivity contribution in [2.45, 2.75) is 51.5 Å². The zero-order valence-corrected chi connectivity index (χ0v) is 11.6. The number of carbonyl (C=O) groups is 1. The van der Waals surface area contributed by atoms with E-state index >= 15 is 0 Å². The first-order chi connectivity index (χ1) is 8.63. The summed E-state index contributed by atoms with van der Waals surface area (Å²) in [6, 6.07) is 0.351. The molecule has 4 atom stereocenters. The molecule has 18 heavy (non-hydrogen) atoms. The molecule has 2 aliphatic heterocycles. The standard InChI is InChI=1S/C15H20ClNO/c1-8-11(16)7-10-9-3-2-4-12(17-14(9)18)13(8)15(10)5-6-15/h9-10,12-13H,2-7H2,1H3,(H,17,18). The number of hydrogen-bond donors (Lipinski definition) is 1. The zero-order chi connectivity index (χ0) is 12.5. The Morgan fingerprint density at radius 1 is 1.33 bits per heavy atom. The van der Waals surface area contributed by atoms with E-state index < -0.39 is 0 Å². The minimum absolute atomic E-state index is 0.226. The fourth-order valence-corrected chi connectivity index (χ4v) is 5.43. The highest BCUT2D eigenvalue weighted by atomic mass is 35.5. The molecule has 2 nitrogen and oxygen atoms in total. The fraction of sp³-hybridized carbons (Fsp3) is 0.800. The van der Waals surface area contributed by atoms with E-state index in [9.17, 15) is 4.79 Å². The second-order valence-corrected chi connectivity index (χ2v) is 7.22. The molecule has 4 unspecified atom stereocenters. The maximum Gasteiger partial charge on any atom is 0.223 e. The lowest BCUT2D eigenvalue weighted by molar-refractivity contribution is -0.126. The number of hydrogen-bond acceptors (Lipinski definition) is 1. The predicted octanol–water partition coefficient (Wildman–Crippen LogP) is 3.21. The minimum Gasteiger partial charge on any atom is -0.352 e. The van der Waals surface area contributed by atoms with Crippen LogP contribution in [0.1, 0.15) is 45.4 Å². The highest BCUT2D eigenvalue weighted by molar-refractivity contribution is 6.30. The van der Waals surface area contributed by atoms with Gasteiger partial charge >= 0.3 is 0 Å². The van der Waals surface area contributed by atoms with Crippen molar-refractivity contribution in [2.75, 3.05) is 0 Å². The molecule has 4 bridgehead atoms. The molecule has 1 amide bonds. The van der Waals surface area contributed by atoms with Crippen LogP contribution < -0.4 is 5.32 Å². The highest BCUT2D eigenvalue weighted by Gasteiger charge is 2.64.